The second-order valence-electron chi connectivity index (χ2n) is 4.17. The van der Waals surface area contributed by atoms with Crippen molar-refractivity contribution in [3.63, 3.8) is 0 Å². The zero-order valence-electron chi connectivity index (χ0n) is 10.4. The van der Waals surface area contributed by atoms with E-state index in [4.69, 9.17) is 4.42 Å². The van der Waals surface area contributed by atoms with E-state index in [9.17, 15) is 4.79 Å². The van der Waals surface area contributed by atoms with E-state index in [2.05, 4.69) is 22.4 Å². The molecular weight excluding hydrogens is 270 g/mol. The smallest absolute Gasteiger partial charge is 0.219 e. The summed E-state index contributed by atoms with van der Waals surface area (Å²) in [4.78, 5) is 16.4. The molecule has 4 heteroatoms. The number of benzene rings is 2. The average Bonchev–Trinajstić information content (AvgIpc) is 2.51. The maximum absolute atomic E-state index is 12.5. The van der Waals surface area contributed by atoms with Gasteiger partial charge in [-0.15, -0.1) is 0 Å². The molecule has 96 valence electrons. The van der Waals surface area contributed by atoms with Gasteiger partial charge in [0.1, 0.15) is 5.58 Å². The Balaban J connectivity index is 2.44. The van der Waals surface area contributed by atoms with Gasteiger partial charge in [-0.25, -0.2) is 0 Å². The first-order valence-electron chi connectivity index (χ1n) is 6.00. The maximum Gasteiger partial charge on any atom is 0.219 e. The van der Waals surface area contributed by atoms with Crippen LogP contribution in [0.4, 0.5) is 5.69 Å². The molecule has 0 unspecified atom stereocenters. The number of thiocarbonyl (C=S) groups is 1. The van der Waals surface area contributed by atoms with Crippen molar-refractivity contribution in [1.82, 2.24) is 0 Å². The molecule has 2 aromatic carbocycles. The summed E-state index contributed by atoms with van der Waals surface area (Å²) in [7, 11) is 0. The topological polar surface area (TPSA) is 42.6 Å². The predicted octanol–water partition coefficient (Wildman–Crippen LogP) is 4.19. The number of fused-ring (bicyclic) bond motifs is 1. The van der Waals surface area contributed by atoms with Crippen LogP contribution in [0.15, 0.2) is 68.8 Å². The number of isothiocyanates is 1. The van der Waals surface area contributed by atoms with E-state index in [1.807, 2.05) is 36.4 Å². The molecule has 0 saturated carbocycles. The van der Waals surface area contributed by atoms with Crippen LogP contribution in [0.1, 0.15) is 0 Å². The van der Waals surface area contributed by atoms with Gasteiger partial charge < -0.3 is 4.42 Å². The molecule has 0 bridgehead atoms. The molecule has 0 amide bonds. The van der Waals surface area contributed by atoms with Crippen LogP contribution in [0.25, 0.3) is 22.3 Å². The Morgan fingerprint density at radius 1 is 1.00 bits per heavy atom. The summed E-state index contributed by atoms with van der Waals surface area (Å²) in [6, 6.07) is 16.4. The Morgan fingerprint density at radius 3 is 2.45 bits per heavy atom. The van der Waals surface area contributed by atoms with Gasteiger partial charge in [0.25, 0.3) is 0 Å². The third-order valence-electron chi connectivity index (χ3n) is 2.97. The largest absolute Gasteiger partial charge is 0.453 e. The molecule has 0 atom stereocenters. The van der Waals surface area contributed by atoms with Gasteiger partial charge in [-0.3, -0.25) is 4.79 Å². The third-order valence-corrected chi connectivity index (χ3v) is 3.06. The van der Waals surface area contributed by atoms with E-state index in [0.717, 1.165) is 5.56 Å². The molecule has 20 heavy (non-hydrogen) atoms. The summed E-state index contributed by atoms with van der Waals surface area (Å²) >= 11 is 4.63. The van der Waals surface area contributed by atoms with E-state index >= 15 is 0 Å². The van der Waals surface area contributed by atoms with Gasteiger partial charge >= 0.3 is 0 Å². The quantitative estimate of drug-likeness (QED) is 0.521. The summed E-state index contributed by atoms with van der Waals surface area (Å²) in [5.41, 5.74) is 1.28. The molecule has 3 nitrogen and oxygen atoms in total. The molecule has 0 saturated heterocycles. The van der Waals surface area contributed by atoms with Crippen molar-refractivity contribution >= 4 is 34.0 Å². The lowest BCUT2D eigenvalue weighted by Gasteiger charge is -2.05. The number of hydrogen-bond donors (Lipinski definition) is 0. The van der Waals surface area contributed by atoms with E-state index in [1.165, 1.54) is 0 Å². The third kappa shape index (κ3) is 2.07. The molecule has 1 aromatic heterocycles. The van der Waals surface area contributed by atoms with E-state index in [0.29, 0.717) is 16.7 Å². The van der Waals surface area contributed by atoms with Crippen LogP contribution >= 0.6 is 12.2 Å². The molecule has 0 fully saturated rings. The number of hydrogen-bond acceptors (Lipinski definition) is 4. The van der Waals surface area contributed by atoms with E-state index < -0.39 is 0 Å². The highest BCUT2D eigenvalue weighted by atomic mass is 32.1. The maximum atomic E-state index is 12.5. The number of aliphatic imine (C=N–C) groups is 1. The number of rotatable bonds is 2. The number of para-hydroxylation sites is 1. The summed E-state index contributed by atoms with van der Waals surface area (Å²) in [5, 5.41) is 2.73. The number of nitrogens with zero attached hydrogens (tertiary/aromatic N) is 1. The van der Waals surface area contributed by atoms with E-state index in [1.54, 1.807) is 18.2 Å². The first-order valence-corrected chi connectivity index (χ1v) is 6.41. The average molecular weight is 279 g/mol. The van der Waals surface area contributed by atoms with Gasteiger partial charge in [-0.05, 0) is 24.4 Å². The van der Waals surface area contributed by atoms with Crippen LogP contribution in [-0.2, 0) is 0 Å². The monoisotopic (exact) mass is 279 g/mol. The van der Waals surface area contributed by atoms with Crippen LogP contribution in [-0.4, -0.2) is 5.16 Å². The fourth-order valence-electron chi connectivity index (χ4n) is 2.06. The molecule has 0 N–H and O–H groups in total. The zero-order valence-corrected chi connectivity index (χ0v) is 11.2. The molecule has 0 aliphatic heterocycles. The Labute approximate surface area is 120 Å². The minimum atomic E-state index is -0.206. The van der Waals surface area contributed by atoms with Gasteiger partial charge in [0, 0.05) is 5.56 Å². The second-order valence-corrected chi connectivity index (χ2v) is 4.36. The van der Waals surface area contributed by atoms with Gasteiger partial charge in [-0.1, -0.05) is 42.5 Å². The molecule has 0 aliphatic rings. The van der Waals surface area contributed by atoms with Gasteiger partial charge in [0.2, 0.25) is 5.43 Å². The van der Waals surface area contributed by atoms with Crippen molar-refractivity contribution in [3.8, 4) is 11.3 Å². The first-order chi connectivity index (χ1) is 9.81. The highest BCUT2D eigenvalue weighted by Gasteiger charge is 2.14. The Morgan fingerprint density at radius 2 is 1.70 bits per heavy atom. The van der Waals surface area contributed by atoms with Crippen molar-refractivity contribution < 1.29 is 4.42 Å². The fourth-order valence-corrected chi connectivity index (χ4v) is 2.16. The summed E-state index contributed by atoms with van der Waals surface area (Å²) in [5.74, 6) is 0.409. The van der Waals surface area contributed by atoms with Gasteiger partial charge in [-0.2, -0.15) is 4.99 Å². The van der Waals surface area contributed by atoms with Crippen molar-refractivity contribution in [2.75, 3.05) is 0 Å². The van der Waals surface area contributed by atoms with Crippen molar-refractivity contribution in [1.29, 1.82) is 0 Å². The van der Waals surface area contributed by atoms with Crippen LogP contribution in [0.3, 0.4) is 0 Å². The molecule has 0 spiro atoms. The predicted molar refractivity (Wildman–Crippen MR) is 82.6 cm³/mol. The van der Waals surface area contributed by atoms with Crippen LogP contribution in [0.5, 0.6) is 0 Å². The molecule has 0 radical (unpaired) electrons. The lowest BCUT2D eigenvalue weighted by molar-refractivity contribution is 0.620. The van der Waals surface area contributed by atoms with Crippen molar-refractivity contribution in [2.45, 2.75) is 0 Å². The van der Waals surface area contributed by atoms with Crippen molar-refractivity contribution in [3.05, 3.63) is 64.8 Å². The minimum absolute atomic E-state index is 0.185. The normalized spacial score (nSPS) is 10.2. The van der Waals surface area contributed by atoms with Gasteiger partial charge in [0.05, 0.1) is 10.5 Å². The summed E-state index contributed by atoms with van der Waals surface area (Å²) in [6.45, 7) is 0. The molecule has 3 rings (SSSR count). The molecular formula is C16H9NO2S. The summed E-state index contributed by atoms with van der Waals surface area (Å²) in [6.07, 6.45) is 0. The molecule has 1 heterocycles. The Hall–Kier alpha value is -2.55. The second kappa shape index (κ2) is 5.21. The summed E-state index contributed by atoms with van der Waals surface area (Å²) < 4.78 is 5.83. The Bertz CT molecular complexity index is 878. The lowest BCUT2D eigenvalue weighted by Crippen LogP contribution is -2.02. The van der Waals surface area contributed by atoms with E-state index in [-0.39, 0.29) is 11.1 Å². The highest BCUT2D eigenvalue weighted by Crippen LogP contribution is 2.30. The fraction of sp³-hybridized carbons (Fsp3) is 0. The van der Waals surface area contributed by atoms with Crippen LogP contribution in [0.2, 0.25) is 0 Å². The lowest BCUT2D eigenvalue weighted by atomic mass is 10.1. The molecule has 0 aliphatic carbocycles. The first kappa shape index (κ1) is 12.5. The van der Waals surface area contributed by atoms with Crippen LogP contribution < -0.4 is 5.43 Å². The SMILES string of the molecule is O=c1c(N=C=S)c(-c2ccccc2)oc2ccccc12. The van der Waals surface area contributed by atoms with Crippen LogP contribution in [0, 0.1) is 0 Å². The highest BCUT2D eigenvalue weighted by molar-refractivity contribution is 7.78. The zero-order chi connectivity index (χ0) is 13.9. The van der Waals surface area contributed by atoms with Crippen molar-refractivity contribution in [2.24, 2.45) is 4.99 Å². The molecule has 3 aromatic rings. The standard InChI is InChI=1S/C16H9NO2S/c18-15-12-8-4-5-9-13(12)19-16(14(15)17-10-20)11-6-2-1-3-7-11/h1-9H. The Kier molecular flexibility index (Phi) is 3.25. The van der Waals surface area contributed by atoms with Gasteiger partial charge in [0.15, 0.2) is 11.4 Å². The minimum Gasteiger partial charge on any atom is -0.453 e.